The number of rotatable bonds is 12. The highest BCUT2D eigenvalue weighted by molar-refractivity contribution is 5.79. The highest BCUT2D eigenvalue weighted by Crippen LogP contribution is 2.30. The maximum Gasteiger partial charge on any atom is 0.224 e. The SMILES string of the molecule is COc1ccc(CN2C[C@@H](COc3cccc(F)c3)C[C@@H](C(=O)NCCCN3CCOCC3)C2)cc1OC. The quantitative estimate of drug-likeness (QED) is 0.424. The molecule has 2 aromatic carbocycles. The number of piperidine rings is 1. The second kappa shape index (κ2) is 14.3. The molecule has 8 nitrogen and oxygen atoms in total. The predicted octanol–water partition coefficient (Wildman–Crippen LogP) is 3.20. The van der Waals surface area contributed by atoms with Gasteiger partial charge in [0.1, 0.15) is 11.6 Å². The summed E-state index contributed by atoms with van der Waals surface area (Å²) in [5.74, 6) is 1.62. The Morgan fingerprint density at radius 3 is 2.63 bits per heavy atom. The molecular weight excluding hydrogens is 489 g/mol. The molecule has 2 fully saturated rings. The molecule has 208 valence electrons. The van der Waals surface area contributed by atoms with Crippen LogP contribution in [-0.2, 0) is 16.1 Å². The van der Waals surface area contributed by atoms with Gasteiger partial charge in [0.15, 0.2) is 11.5 Å². The van der Waals surface area contributed by atoms with Crippen LogP contribution in [0, 0.1) is 17.7 Å². The van der Waals surface area contributed by atoms with Crippen molar-refractivity contribution in [1.29, 1.82) is 0 Å². The number of halogens is 1. The summed E-state index contributed by atoms with van der Waals surface area (Å²) < 4.78 is 35.8. The highest BCUT2D eigenvalue weighted by Gasteiger charge is 2.32. The number of carbonyl (C=O) groups excluding carboxylic acids is 1. The van der Waals surface area contributed by atoms with Gasteiger partial charge in [-0.1, -0.05) is 12.1 Å². The van der Waals surface area contributed by atoms with Gasteiger partial charge in [-0.2, -0.15) is 0 Å². The molecule has 1 amide bonds. The van der Waals surface area contributed by atoms with E-state index < -0.39 is 0 Å². The summed E-state index contributed by atoms with van der Waals surface area (Å²) >= 11 is 0. The van der Waals surface area contributed by atoms with Crippen molar-refractivity contribution in [3.05, 3.63) is 53.8 Å². The number of benzene rings is 2. The molecule has 2 aromatic rings. The standard InChI is InChI=1S/C29H40FN3O5/c1-35-27-8-7-22(16-28(27)36-2)18-33-19-23(21-38-26-6-3-5-25(30)17-26)15-24(20-33)29(34)31-9-4-10-32-11-13-37-14-12-32/h3,5-8,16-17,23-24H,4,9-15,18-21H2,1-2H3,(H,31,34)/t23-,24+/m0/s1. The normalized spacial score (nSPS) is 20.6. The zero-order valence-electron chi connectivity index (χ0n) is 22.5. The van der Waals surface area contributed by atoms with Crippen molar-refractivity contribution in [2.45, 2.75) is 19.4 Å². The Morgan fingerprint density at radius 1 is 1.05 bits per heavy atom. The van der Waals surface area contributed by atoms with Crippen LogP contribution in [0.4, 0.5) is 4.39 Å². The second-order valence-corrected chi connectivity index (χ2v) is 10.0. The molecule has 2 atom stereocenters. The van der Waals surface area contributed by atoms with Gasteiger partial charge in [-0.15, -0.1) is 0 Å². The van der Waals surface area contributed by atoms with Gasteiger partial charge in [-0.3, -0.25) is 14.6 Å². The third-order valence-corrected chi connectivity index (χ3v) is 7.17. The van der Waals surface area contributed by atoms with Crippen LogP contribution in [0.3, 0.4) is 0 Å². The highest BCUT2D eigenvalue weighted by atomic mass is 19.1. The Bertz CT molecular complexity index is 1030. The van der Waals surface area contributed by atoms with E-state index in [2.05, 4.69) is 15.1 Å². The lowest BCUT2D eigenvalue weighted by molar-refractivity contribution is -0.127. The zero-order chi connectivity index (χ0) is 26.7. The van der Waals surface area contributed by atoms with E-state index in [4.69, 9.17) is 18.9 Å². The monoisotopic (exact) mass is 529 g/mol. The molecule has 0 spiro atoms. The summed E-state index contributed by atoms with van der Waals surface area (Å²) in [4.78, 5) is 17.9. The van der Waals surface area contributed by atoms with Crippen LogP contribution in [0.25, 0.3) is 0 Å². The van der Waals surface area contributed by atoms with E-state index >= 15 is 0 Å². The summed E-state index contributed by atoms with van der Waals surface area (Å²) in [6.07, 6.45) is 1.65. The van der Waals surface area contributed by atoms with Gasteiger partial charge in [0, 0.05) is 51.3 Å². The van der Waals surface area contributed by atoms with Crippen molar-refractivity contribution in [3.63, 3.8) is 0 Å². The van der Waals surface area contributed by atoms with Gasteiger partial charge in [-0.25, -0.2) is 4.39 Å². The van der Waals surface area contributed by atoms with E-state index in [0.29, 0.717) is 43.5 Å². The Morgan fingerprint density at radius 2 is 1.87 bits per heavy atom. The van der Waals surface area contributed by atoms with Crippen molar-refractivity contribution in [2.24, 2.45) is 11.8 Å². The van der Waals surface area contributed by atoms with Crippen LogP contribution in [-0.4, -0.2) is 89.0 Å². The van der Waals surface area contributed by atoms with E-state index in [0.717, 1.165) is 57.8 Å². The summed E-state index contributed by atoms with van der Waals surface area (Å²) in [5, 5.41) is 3.16. The Hall–Kier alpha value is -2.88. The number of nitrogens with zero attached hydrogens (tertiary/aromatic N) is 2. The fourth-order valence-electron chi connectivity index (χ4n) is 5.23. The lowest BCUT2D eigenvalue weighted by Crippen LogP contribution is -2.47. The molecule has 2 heterocycles. The number of hydrogen-bond donors (Lipinski definition) is 1. The minimum Gasteiger partial charge on any atom is -0.493 e. The maximum atomic E-state index is 13.6. The van der Waals surface area contributed by atoms with E-state index in [1.807, 2.05) is 18.2 Å². The number of carbonyl (C=O) groups is 1. The van der Waals surface area contributed by atoms with Crippen molar-refractivity contribution in [2.75, 3.05) is 73.3 Å². The van der Waals surface area contributed by atoms with E-state index in [-0.39, 0.29) is 23.6 Å². The van der Waals surface area contributed by atoms with Crippen molar-refractivity contribution in [3.8, 4) is 17.2 Å². The number of hydrogen-bond acceptors (Lipinski definition) is 7. The minimum atomic E-state index is -0.324. The van der Waals surface area contributed by atoms with E-state index in [1.165, 1.54) is 12.1 Å². The van der Waals surface area contributed by atoms with Gasteiger partial charge >= 0.3 is 0 Å². The van der Waals surface area contributed by atoms with Gasteiger partial charge in [-0.05, 0) is 49.2 Å². The topological polar surface area (TPSA) is 72.5 Å². The van der Waals surface area contributed by atoms with Gasteiger partial charge in [0.2, 0.25) is 5.91 Å². The third kappa shape index (κ3) is 8.31. The molecule has 0 aliphatic carbocycles. The maximum absolute atomic E-state index is 13.6. The molecule has 2 aliphatic heterocycles. The first kappa shape index (κ1) is 28.1. The third-order valence-electron chi connectivity index (χ3n) is 7.17. The first-order valence-electron chi connectivity index (χ1n) is 13.4. The number of nitrogens with one attached hydrogen (secondary N) is 1. The molecule has 0 radical (unpaired) electrons. The first-order valence-corrected chi connectivity index (χ1v) is 13.4. The van der Waals surface area contributed by atoms with Crippen molar-refractivity contribution >= 4 is 5.91 Å². The molecule has 4 rings (SSSR count). The number of morpholine rings is 1. The Labute approximate surface area is 225 Å². The molecule has 1 N–H and O–H groups in total. The first-order chi connectivity index (χ1) is 18.5. The van der Waals surface area contributed by atoms with Crippen molar-refractivity contribution < 1.29 is 28.1 Å². The molecule has 2 saturated heterocycles. The average Bonchev–Trinajstić information content (AvgIpc) is 2.94. The average molecular weight is 530 g/mol. The van der Waals surface area contributed by atoms with Crippen LogP contribution in [0.5, 0.6) is 17.2 Å². The van der Waals surface area contributed by atoms with Gasteiger partial charge < -0.3 is 24.3 Å². The Balaban J connectivity index is 1.36. The van der Waals surface area contributed by atoms with Crippen LogP contribution >= 0.6 is 0 Å². The molecule has 9 heteroatoms. The molecule has 2 aliphatic rings. The van der Waals surface area contributed by atoms with Crippen LogP contribution in [0.2, 0.25) is 0 Å². The summed E-state index contributed by atoms with van der Waals surface area (Å²) in [5.41, 5.74) is 1.08. The summed E-state index contributed by atoms with van der Waals surface area (Å²) in [7, 11) is 3.25. The second-order valence-electron chi connectivity index (χ2n) is 10.0. The number of likely N-dealkylation sites (tertiary alicyclic amines) is 1. The molecule has 0 aromatic heterocycles. The molecule has 0 bridgehead atoms. The van der Waals surface area contributed by atoms with Crippen molar-refractivity contribution in [1.82, 2.24) is 15.1 Å². The van der Waals surface area contributed by atoms with Crippen LogP contribution < -0.4 is 19.5 Å². The van der Waals surface area contributed by atoms with Gasteiger partial charge in [0.25, 0.3) is 0 Å². The Kier molecular flexibility index (Phi) is 10.6. The fraction of sp³-hybridized carbons (Fsp3) is 0.552. The number of methoxy groups -OCH3 is 2. The zero-order valence-corrected chi connectivity index (χ0v) is 22.5. The van der Waals surface area contributed by atoms with Crippen LogP contribution in [0.1, 0.15) is 18.4 Å². The predicted molar refractivity (Wildman–Crippen MR) is 143 cm³/mol. The molecule has 38 heavy (non-hydrogen) atoms. The summed E-state index contributed by atoms with van der Waals surface area (Å²) in [6.45, 7) is 7.64. The largest absolute Gasteiger partial charge is 0.493 e. The molecule has 0 saturated carbocycles. The molecule has 0 unspecified atom stereocenters. The lowest BCUT2D eigenvalue weighted by Gasteiger charge is -2.37. The van der Waals surface area contributed by atoms with Gasteiger partial charge in [0.05, 0.1) is 40.0 Å². The minimum absolute atomic E-state index is 0.0831. The van der Waals surface area contributed by atoms with E-state index in [9.17, 15) is 9.18 Å². The van der Waals surface area contributed by atoms with E-state index in [1.54, 1.807) is 26.4 Å². The molecular formula is C29H40FN3O5. The smallest absolute Gasteiger partial charge is 0.224 e. The van der Waals surface area contributed by atoms with Crippen LogP contribution in [0.15, 0.2) is 42.5 Å². The fourth-order valence-corrected chi connectivity index (χ4v) is 5.23. The number of amides is 1. The summed E-state index contributed by atoms with van der Waals surface area (Å²) in [6, 6.07) is 12.1. The lowest BCUT2D eigenvalue weighted by atomic mass is 9.88. The number of ether oxygens (including phenoxy) is 4.